The Hall–Kier alpha value is -0.257. The van der Waals surface area contributed by atoms with E-state index in [1.807, 2.05) is 0 Å². The molecule has 0 aromatic rings. The molecule has 2 aliphatic carbocycles. The van der Waals surface area contributed by atoms with E-state index in [2.05, 4.69) is 81.0 Å². The Labute approximate surface area is 170 Å². The second kappa shape index (κ2) is 13.1. The van der Waals surface area contributed by atoms with Gasteiger partial charge < -0.3 is 12.4 Å². The average Bonchev–Trinajstić information content (AvgIpc) is 2.77. The molecule has 23 heavy (non-hydrogen) atoms. The summed E-state index contributed by atoms with van der Waals surface area (Å²) in [6.07, 6.45) is 8.22. The molecule has 2 rings (SSSR count). The van der Waals surface area contributed by atoms with E-state index in [-0.39, 0.29) is 38.6 Å². The van der Waals surface area contributed by atoms with Crippen LogP contribution in [0.25, 0.3) is 0 Å². The van der Waals surface area contributed by atoms with Gasteiger partial charge in [-0.25, -0.2) is 30.7 Å². The Morgan fingerprint density at radius 3 is 1.09 bits per heavy atom. The quantitative estimate of drug-likeness (QED) is 0.537. The van der Waals surface area contributed by atoms with E-state index in [0.29, 0.717) is 11.8 Å². The predicted octanol–water partition coefficient (Wildman–Crippen LogP) is 3.45. The van der Waals surface area contributed by atoms with Crippen molar-refractivity contribution in [3.8, 4) is 0 Å². The van der Waals surface area contributed by atoms with Gasteiger partial charge in [0.25, 0.3) is 0 Å². The molecule has 0 radical (unpaired) electrons. The summed E-state index contributed by atoms with van der Waals surface area (Å²) < 4.78 is 0. The van der Waals surface area contributed by atoms with E-state index in [1.54, 1.807) is 0 Å². The number of halogens is 1. The molecule has 2 heteroatoms. The van der Waals surface area contributed by atoms with Crippen molar-refractivity contribution in [2.45, 2.75) is 55.4 Å². The summed E-state index contributed by atoms with van der Waals surface area (Å²) in [5, 5.41) is 0. The standard InChI is InChI=1S/2C9H13.C3H5.ClH.Zr/c2*1-6-5-7(2)9(4)8(6)3;1-3-2;;/h2*6H,1-4H3;3H,1-2H2;1H;/q3*-1;;+4/p-1. The van der Waals surface area contributed by atoms with Gasteiger partial charge >= 0.3 is 26.2 Å². The third-order valence-corrected chi connectivity index (χ3v) is 4.47. The Kier molecular flexibility index (Phi) is 15.7. The molecule has 0 aromatic heterocycles. The number of hydrogen-bond acceptors (Lipinski definition) is 0. The van der Waals surface area contributed by atoms with Crippen molar-refractivity contribution in [1.82, 2.24) is 0 Å². The fraction of sp³-hybridized carbons (Fsp3) is 0.476. The van der Waals surface area contributed by atoms with Gasteiger partial charge in [-0.1, -0.05) is 53.4 Å². The molecule has 0 aliphatic heterocycles. The monoisotopic (exact) mass is 408 g/mol. The first-order chi connectivity index (χ1) is 9.67. The molecule has 0 saturated heterocycles. The summed E-state index contributed by atoms with van der Waals surface area (Å²) in [5.41, 5.74) is 8.49. The van der Waals surface area contributed by atoms with Crippen LogP contribution in [-0.4, -0.2) is 0 Å². The van der Waals surface area contributed by atoms with E-state index in [4.69, 9.17) is 0 Å². The third kappa shape index (κ3) is 8.41. The van der Waals surface area contributed by atoms with Crippen molar-refractivity contribution < 1.29 is 38.6 Å². The van der Waals surface area contributed by atoms with Crippen LogP contribution in [0.5, 0.6) is 0 Å². The van der Waals surface area contributed by atoms with Crippen LogP contribution in [0, 0.1) is 30.9 Å². The Morgan fingerprint density at radius 1 is 0.826 bits per heavy atom. The van der Waals surface area contributed by atoms with Crippen LogP contribution in [0.3, 0.4) is 0 Å². The number of rotatable bonds is 0. The maximum Gasteiger partial charge on any atom is 4.00 e. The Balaban J connectivity index is -0.000000277. The van der Waals surface area contributed by atoms with E-state index < -0.39 is 0 Å². The van der Waals surface area contributed by atoms with Gasteiger partial charge in [-0.2, -0.15) is 22.3 Å². The molecule has 0 spiro atoms. The summed E-state index contributed by atoms with van der Waals surface area (Å²) in [5.74, 6) is 1.12. The van der Waals surface area contributed by atoms with E-state index in [0.717, 1.165) is 0 Å². The first-order valence-electron chi connectivity index (χ1n) is 7.63. The summed E-state index contributed by atoms with van der Waals surface area (Å²) in [4.78, 5) is 0. The second-order valence-corrected chi connectivity index (χ2v) is 5.89. The van der Waals surface area contributed by atoms with Crippen molar-refractivity contribution in [2.24, 2.45) is 11.8 Å². The van der Waals surface area contributed by atoms with Gasteiger partial charge in [-0.3, -0.25) is 12.2 Å². The van der Waals surface area contributed by atoms with Crippen molar-refractivity contribution in [3.05, 3.63) is 65.2 Å². The molecule has 0 saturated carbocycles. The maximum absolute atomic E-state index is 3.36. The molecular formula is C21H31ClZr. The zero-order valence-corrected chi connectivity index (χ0v) is 19.2. The summed E-state index contributed by atoms with van der Waals surface area (Å²) >= 11 is 0. The van der Waals surface area contributed by atoms with Gasteiger partial charge in [0.1, 0.15) is 0 Å². The zero-order valence-electron chi connectivity index (χ0n) is 16.0. The first-order valence-corrected chi connectivity index (χ1v) is 7.63. The van der Waals surface area contributed by atoms with Gasteiger partial charge in [0.15, 0.2) is 0 Å². The Bertz CT molecular complexity index is 460. The van der Waals surface area contributed by atoms with Crippen LogP contribution in [-0.2, 0) is 26.2 Å². The smallest absolute Gasteiger partial charge is 1.00 e. The third-order valence-electron chi connectivity index (χ3n) is 4.47. The molecule has 2 aliphatic rings. The molecule has 2 unspecified atom stereocenters. The van der Waals surface area contributed by atoms with Crippen LogP contribution in [0.1, 0.15) is 55.4 Å². The summed E-state index contributed by atoms with van der Waals surface area (Å²) in [7, 11) is 0. The maximum atomic E-state index is 3.36. The van der Waals surface area contributed by atoms with Crippen molar-refractivity contribution in [3.63, 3.8) is 0 Å². The van der Waals surface area contributed by atoms with Gasteiger partial charge in [0.2, 0.25) is 0 Å². The number of allylic oxidation sites excluding steroid dienone is 9. The van der Waals surface area contributed by atoms with E-state index >= 15 is 0 Å². The first kappa shape index (κ1) is 27.6. The van der Waals surface area contributed by atoms with E-state index in [9.17, 15) is 0 Å². The molecular weight excluding hydrogens is 379 g/mol. The molecule has 0 fully saturated rings. The fourth-order valence-corrected chi connectivity index (χ4v) is 2.32. The topological polar surface area (TPSA) is 0 Å². The molecule has 0 aromatic carbocycles. The van der Waals surface area contributed by atoms with Crippen LogP contribution < -0.4 is 12.4 Å². The zero-order chi connectivity index (χ0) is 16.7. The van der Waals surface area contributed by atoms with Gasteiger partial charge in [-0.15, -0.1) is 13.8 Å². The van der Waals surface area contributed by atoms with Gasteiger partial charge in [0, 0.05) is 0 Å². The molecule has 0 nitrogen and oxygen atoms in total. The largest absolute Gasteiger partial charge is 4.00 e. The second-order valence-electron chi connectivity index (χ2n) is 5.89. The Morgan fingerprint density at radius 2 is 1.04 bits per heavy atom. The molecule has 0 amide bonds. The summed E-state index contributed by atoms with van der Waals surface area (Å²) in [6.45, 7) is 23.8. The molecule has 0 bridgehead atoms. The van der Waals surface area contributed by atoms with Gasteiger partial charge in [0.05, 0.1) is 0 Å². The van der Waals surface area contributed by atoms with E-state index in [1.165, 1.54) is 39.5 Å². The average molecular weight is 410 g/mol. The SMILES string of the molecule is C=C[CH2-].CC1=[C-]C(C)C(C)=C1C.CC1=[C-]C(C)C(C)=C1C.[Cl-].[Zr+4]. The minimum atomic E-state index is 0. The molecule has 0 N–H and O–H groups in total. The van der Waals surface area contributed by atoms with Crippen molar-refractivity contribution in [2.75, 3.05) is 0 Å². The molecule has 0 heterocycles. The van der Waals surface area contributed by atoms with Crippen molar-refractivity contribution in [1.29, 1.82) is 0 Å². The molecule has 2 atom stereocenters. The van der Waals surface area contributed by atoms with Crippen LogP contribution in [0.2, 0.25) is 0 Å². The minimum absolute atomic E-state index is 0. The minimum Gasteiger partial charge on any atom is -1.00 e. The molecule has 126 valence electrons. The van der Waals surface area contributed by atoms with Crippen LogP contribution in [0.4, 0.5) is 0 Å². The van der Waals surface area contributed by atoms with Gasteiger partial charge in [-0.05, 0) is 0 Å². The van der Waals surface area contributed by atoms with Crippen LogP contribution >= 0.6 is 0 Å². The summed E-state index contributed by atoms with van der Waals surface area (Å²) in [6, 6.07) is 0. The number of hydrogen-bond donors (Lipinski definition) is 0. The normalized spacial score (nSPS) is 21.7. The van der Waals surface area contributed by atoms with Crippen LogP contribution in [0.15, 0.2) is 46.1 Å². The fourth-order valence-electron chi connectivity index (χ4n) is 2.32. The van der Waals surface area contributed by atoms with Crippen molar-refractivity contribution >= 4 is 0 Å². The predicted molar refractivity (Wildman–Crippen MR) is 95.5 cm³/mol.